The summed E-state index contributed by atoms with van der Waals surface area (Å²) in [4.78, 5) is 23.6. The third-order valence-electron chi connectivity index (χ3n) is 3.00. The predicted molar refractivity (Wildman–Crippen MR) is 83.0 cm³/mol. The lowest BCUT2D eigenvalue weighted by molar-refractivity contribution is -0.139. The number of nitrogen functional groups attached to an aromatic ring is 1. The molecular weight excluding hydrogens is 300 g/mol. The number of nitrogens with zero attached hydrogens (tertiary/aromatic N) is 1. The second-order valence-electron chi connectivity index (χ2n) is 4.61. The highest BCUT2D eigenvalue weighted by Gasteiger charge is 2.24. The second-order valence-corrected chi connectivity index (χ2v) is 4.61. The third-order valence-corrected chi connectivity index (χ3v) is 3.00. The van der Waals surface area contributed by atoms with E-state index in [1.54, 1.807) is 30.3 Å². The van der Waals surface area contributed by atoms with Crippen LogP contribution in [0.25, 0.3) is 0 Å². The number of anilines is 1. The van der Waals surface area contributed by atoms with Gasteiger partial charge in [0, 0.05) is 0 Å². The maximum Gasteiger partial charge on any atom is 0.330 e. The number of carboxylic acid groups (broad SMARTS) is 1. The average Bonchev–Trinajstić information content (AvgIpc) is 2.96. The summed E-state index contributed by atoms with van der Waals surface area (Å²) in [5.41, 5.74) is 6.00. The standard InChI is InChI=1S/C15H16N4O4/c1-2-6-23-10-5-3-4-9(7-10)12(15(21)22)18-14(20)11-8-17-19-13(11)16/h2-5,7-8,12H,1,6H2,(H,18,20)(H,21,22)(H3,16,17,19). The van der Waals surface area contributed by atoms with E-state index >= 15 is 0 Å². The van der Waals surface area contributed by atoms with E-state index in [1.165, 1.54) is 6.20 Å². The van der Waals surface area contributed by atoms with Crippen molar-refractivity contribution in [3.63, 3.8) is 0 Å². The van der Waals surface area contributed by atoms with Crippen molar-refractivity contribution in [3.8, 4) is 5.75 Å². The Morgan fingerprint density at radius 2 is 2.30 bits per heavy atom. The number of hydrogen-bond acceptors (Lipinski definition) is 5. The van der Waals surface area contributed by atoms with Gasteiger partial charge in [-0.1, -0.05) is 24.8 Å². The number of H-pyrrole nitrogens is 1. The van der Waals surface area contributed by atoms with Crippen LogP contribution in [-0.2, 0) is 4.79 Å². The number of carbonyl (C=O) groups excluding carboxylic acids is 1. The SMILES string of the molecule is C=CCOc1cccc(C(NC(=O)c2cn[nH]c2N)C(=O)O)c1. The van der Waals surface area contributed by atoms with Crippen molar-refractivity contribution in [1.82, 2.24) is 15.5 Å². The molecule has 0 saturated carbocycles. The summed E-state index contributed by atoms with van der Waals surface area (Å²) in [6.07, 6.45) is 2.80. The fraction of sp³-hybridized carbons (Fsp3) is 0.133. The first-order chi connectivity index (χ1) is 11.0. The number of benzene rings is 1. The van der Waals surface area contributed by atoms with Gasteiger partial charge in [0.2, 0.25) is 0 Å². The molecule has 1 heterocycles. The average molecular weight is 316 g/mol. The molecule has 1 aromatic heterocycles. The molecule has 0 radical (unpaired) electrons. The van der Waals surface area contributed by atoms with Crippen molar-refractivity contribution in [2.24, 2.45) is 0 Å². The molecule has 0 saturated heterocycles. The van der Waals surface area contributed by atoms with Crippen molar-refractivity contribution in [3.05, 3.63) is 54.2 Å². The molecule has 0 spiro atoms. The lowest BCUT2D eigenvalue weighted by atomic mass is 10.1. The minimum atomic E-state index is -1.25. The van der Waals surface area contributed by atoms with E-state index in [2.05, 4.69) is 22.1 Å². The lowest BCUT2D eigenvalue weighted by Crippen LogP contribution is -2.34. The highest BCUT2D eigenvalue weighted by atomic mass is 16.5. The number of nitrogens with two attached hydrogens (primary N) is 1. The van der Waals surface area contributed by atoms with Gasteiger partial charge in [-0.3, -0.25) is 9.89 Å². The molecule has 1 unspecified atom stereocenters. The van der Waals surface area contributed by atoms with Crippen molar-refractivity contribution in [1.29, 1.82) is 0 Å². The molecule has 2 aromatic rings. The third kappa shape index (κ3) is 3.88. The molecule has 0 bridgehead atoms. The molecule has 23 heavy (non-hydrogen) atoms. The summed E-state index contributed by atoms with van der Waals surface area (Å²) < 4.78 is 5.36. The summed E-state index contributed by atoms with van der Waals surface area (Å²) in [5, 5.41) is 17.8. The van der Waals surface area contributed by atoms with E-state index in [-0.39, 0.29) is 11.4 Å². The Morgan fingerprint density at radius 1 is 1.52 bits per heavy atom. The van der Waals surface area contributed by atoms with Crippen LogP contribution >= 0.6 is 0 Å². The molecule has 1 aromatic carbocycles. The molecule has 2 rings (SSSR count). The van der Waals surface area contributed by atoms with Crippen LogP contribution in [0.3, 0.4) is 0 Å². The molecule has 1 amide bonds. The monoisotopic (exact) mass is 316 g/mol. The van der Waals surface area contributed by atoms with Gasteiger partial charge in [-0.05, 0) is 17.7 Å². The molecular formula is C15H16N4O4. The molecule has 8 nitrogen and oxygen atoms in total. The number of ether oxygens (including phenoxy) is 1. The zero-order chi connectivity index (χ0) is 16.8. The number of rotatable bonds is 7. The van der Waals surface area contributed by atoms with Gasteiger partial charge in [0.25, 0.3) is 5.91 Å². The Labute approximate surface area is 132 Å². The normalized spacial score (nSPS) is 11.5. The minimum Gasteiger partial charge on any atom is -0.490 e. The van der Waals surface area contributed by atoms with Gasteiger partial charge in [0.15, 0.2) is 6.04 Å². The second kappa shape index (κ2) is 7.12. The van der Waals surface area contributed by atoms with Gasteiger partial charge in [-0.2, -0.15) is 5.10 Å². The van der Waals surface area contributed by atoms with Crippen LogP contribution in [0.15, 0.2) is 43.1 Å². The van der Waals surface area contributed by atoms with E-state index in [0.717, 1.165) is 0 Å². The van der Waals surface area contributed by atoms with Crippen LogP contribution in [0.4, 0.5) is 5.82 Å². The lowest BCUT2D eigenvalue weighted by Gasteiger charge is -2.15. The smallest absolute Gasteiger partial charge is 0.330 e. The molecule has 5 N–H and O–H groups in total. The number of nitrogens with one attached hydrogen (secondary N) is 2. The first-order valence-corrected chi connectivity index (χ1v) is 6.69. The zero-order valence-corrected chi connectivity index (χ0v) is 12.2. The van der Waals surface area contributed by atoms with Gasteiger partial charge in [0.05, 0.1) is 6.20 Å². The number of aromatic nitrogens is 2. The Morgan fingerprint density at radius 3 is 2.91 bits per heavy atom. The Bertz CT molecular complexity index is 726. The fourth-order valence-electron chi connectivity index (χ4n) is 1.91. The van der Waals surface area contributed by atoms with Gasteiger partial charge in [-0.25, -0.2) is 4.79 Å². The summed E-state index contributed by atoms with van der Waals surface area (Å²) in [7, 11) is 0. The highest BCUT2D eigenvalue weighted by Crippen LogP contribution is 2.21. The quantitative estimate of drug-likeness (QED) is 0.566. The zero-order valence-electron chi connectivity index (χ0n) is 12.2. The van der Waals surface area contributed by atoms with E-state index < -0.39 is 17.9 Å². The summed E-state index contributed by atoms with van der Waals surface area (Å²) >= 11 is 0. The van der Waals surface area contributed by atoms with Crippen molar-refractivity contribution >= 4 is 17.7 Å². The molecule has 0 fully saturated rings. The number of carbonyl (C=O) groups is 2. The molecule has 0 aliphatic carbocycles. The number of hydrogen-bond donors (Lipinski definition) is 4. The molecule has 120 valence electrons. The van der Waals surface area contributed by atoms with Crippen LogP contribution in [0.1, 0.15) is 22.0 Å². The van der Waals surface area contributed by atoms with E-state index in [0.29, 0.717) is 17.9 Å². The first-order valence-electron chi connectivity index (χ1n) is 6.69. The van der Waals surface area contributed by atoms with Crippen molar-refractivity contribution < 1.29 is 19.4 Å². The van der Waals surface area contributed by atoms with Gasteiger partial charge >= 0.3 is 5.97 Å². The van der Waals surface area contributed by atoms with E-state index in [1.807, 2.05) is 0 Å². The topological polar surface area (TPSA) is 130 Å². The highest BCUT2D eigenvalue weighted by molar-refractivity contribution is 6.00. The summed E-state index contributed by atoms with van der Waals surface area (Å²) in [5.74, 6) is -1.30. The fourth-order valence-corrected chi connectivity index (χ4v) is 1.91. The predicted octanol–water partition coefficient (Wildman–Crippen LogP) is 1.11. The molecule has 0 aliphatic rings. The van der Waals surface area contributed by atoms with Crippen LogP contribution in [-0.4, -0.2) is 33.8 Å². The van der Waals surface area contributed by atoms with Crippen LogP contribution in [0.5, 0.6) is 5.75 Å². The van der Waals surface area contributed by atoms with Crippen molar-refractivity contribution in [2.75, 3.05) is 12.3 Å². The minimum absolute atomic E-state index is 0.0645. The molecule has 0 aliphatic heterocycles. The maximum absolute atomic E-state index is 12.1. The van der Waals surface area contributed by atoms with Gasteiger partial charge < -0.3 is 20.9 Å². The summed E-state index contributed by atoms with van der Waals surface area (Å²) in [6, 6.07) is 5.20. The summed E-state index contributed by atoms with van der Waals surface area (Å²) in [6.45, 7) is 3.83. The van der Waals surface area contributed by atoms with Crippen LogP contribution in [0, 0.1) is 0 Å². The van der Waals surface area contributed by atoms with Crippen LogP contribution < -0.4 is 15.8 Å². The number of aromatic amines is 1. The van der Waals surface area contributed by atoms with Crippen molar-refractivity contribution in [2.45, 2.75) is 6.04 Å². The Balaban J connectivity index is 2.21. The maximum atomic E-state index is 12.1. The first kappa shape index (κ1) is 16.1. The number of aliphatic carboxylic acids is 1. The number of carboxylic acids is 1. The van der Waals surface area contributed by atoms with Gasteiger partial charge in [-0.15, -0.1) is 0 Å². The number of amides is 1. The molecule has 1 atom stereocenters. The Kier molecular flexibility index (Phi) is 4.98. The van der Waals surface area contributed by atoms with E-state index in [4.69, 9.17) is 10.5 Å². The largest absolute Gasteiger partial charge is 0.490 e. The van der Waals surface area contributed by atoms with Crippen LogP contribution in [0.2, 0.25) is 0 Å². The van der Waals surface area contributed by atoms with Gasteiger partial charge in [0.1, 0.15) is 23.7 Å². The molecule has 8 heteroatoms. The Hall–Kier alpha value is -3.29. The van der Waals surface area contributed by atoms with E-state index in [9.17, 15) is 14.7 Å².